The summed E-state index contributed by atoms with van der Waals surface area (Å²) in [6.07, 6.45) is 2.13. The fourth-order valence-electron chi connectivity index (χ4n) is 2.45. The average Bonchev–Trinajstić information content (AvgIpc) is 2.96. The first-order chi connectivity index (χ1) is 11.1. The van der Waals surface area contributed by atoms with Gasteiger partial charge in [-0.2, -0.15) is 0 Å². The van der Waals surface area contributed by atoms with Crippen LogP contribution in [-0.4, -0.2) is 15.8 Å². The predicted octanol–water partition coefficient (Wildman–Crippen LogP) is 2.94. The highest BCUT2D eigenvalue weighted by molar-refractivity contribution is 5.88. The minimum Gasteiger partial charge on any atom is -0.361 e. The molecule has 0 radical (unpaired) electrons. The lowest BCUT2D eigenvalue weighted by atomic mass is 10.1. The number of non-ortho nitro benzene ring substituents is 1. The molecule has 3 aromatic rings. The first kappa shape index (κ1) is 14.8. The Kier molecular flexibility index (Phi) is 4.05. The van der Waals surface area contributed by atoms with Crippen LogP contribution >= 0.6 is 0 Å². The van der Waals surface area contributed by atoms with Crippen LogP contribution < -0.4 is 5.32 Å². The second-order valence-corrected chi connectivity index (χ2v) is 5.24. The molecule has 0 spiro atoms. The van der Waals surface area contributed by atoms with Gasteiger partial charge >= 0.3 is 0 Å². The fraction of sp³-hybridized carbons (Fsp3) is 0.118. The number of benzene rings is 2. The number of fused-ring (bicyclic) bond motifs is 1. The molecule has 0 aliphatic rings. The Morgan fingerprint density at radius 3 is 2.61 bits per heavy atom. The van der Waals surface area contributed by atoms with Crippen LogP contribution in [0.2, 0.25) is 0 Å². The van der Waals surface area contributed by atoms with Crippen molar-refractivity contribution in [2.24, 2.45) is 0 Å². The maximum Gasteiger partial charge on any atom is 0.269 e. The monoisotopic (exact) mass is 309 g/mol. The smallest absolute Gasteiger partial charge is 0.269 e. The molecule has 0 unspecified atom stereocenters. The lowest BCUT2D eigenvalue weighted by Gasteiger charge is -2.05. The number of carbonyl (C=O) groups is 1. The van der Waals surface area contributed by atoms with Gasteiger partial charge < -0.3 is 10.3 Å². The van der Waals surface area contributed by atoms with Crippen molar-refractivity contribution < 1.29 is 9.72 Å². The second kappa shape index (κ2) is 6.31. The number of nitro groups is 1. The number of hydrogen-bond acceptors (Lipinski definition) is 3. The molecular weight excluding hydrogens is 294 g/mol. The predicted molar refractivity (Wildman–Crippen MR) is 86.9 cm³/mol. The zero-order chi connectivity index (χ0) is 16.2. The van der Waals surface area contributed by atoms with E-state index >= 15 is 0 Å². The number of aromatic amines is 1. The summed E-state index contributed by atoms with van der Waals surface area (Å²) in [5.74, 6) is -0.0897. The summed E-state index contributed by atoms with van der Waals surface area (Å²) in [4.78, 5) is 25.4. The quantitative estimate of drug-likeness (QED) is 0.561. The normalized spacial score (nSPS) is 10.6. The van der Waals surface area contributed by atoms with Gasteiger partial charge in [-0.25, -0.2) is 0 Å². The summed E-state index contributed by atoms with van der Waals surface area (Å²) in [6.45, 7) is 0.346. The Bertz CT molecular complexity index is 853. The van der Waals surface area contributed by atoms with Gasteiger partial charge in [-0.15, -0.1) is 0 Å². The van der Waals surface area contributed by atoms with Crippen molar-refractivity contribution in [1.29, 1.82) is 0 Å². The van der Waals surface area contributed by atoms with Gasteiger partial charge in [-0.1, -0.05) is 30.3 Å². The van der Waals surface area contributed by atoms with Crippen LogP contribution in [0.5, 0.6) is 0 Å². The molecular formula is C17H15N3O3. The molecule has 0 aliphatic heterocycles. The van der Waals surface area contributed by atoms with Gasteiger partial charge in [0.2, 0.25) is 5.91 Å². The van der Waals surface area contributed by atoms with E-state index in [1.165, 1.54) is 12.1 Å². The Balaban J connectivity index is 1.60. The number of para-hydroxylation sites is 1. The number of nitro benzene ring substituents is 1. The maximum atomic E-state index is 12.1. The molecule has 2 N–H and O–H groups in total. The second-order valence-electron chi connectivity index (χ2n) is 5.24. The van der Waals surface area contributed by atoms with Crippen LogP contribution in [0.4, 0.5) is 5.69 Å². The molecule has 0 saturated carbocycles. The van der Waals surface area contributed by atoms with Crippen LogP contribution in [-0.2, 0) is 17.8 Å². The van der Waals surface area contributed by atoms with E-state index in [4.69, 9.17) is 0 Å². The molecule has 1 amide bonds. The number of nitrogens with one attached hydrogen (secondary N) is 2. The van der Waals surface area contributed by atoms with E-state index in [0.29, 0.717) is 6.54 Å². The van der Waals surface area contributed by atoms with E-state index in [2.05, 4.69) is 10.3 Å². The highest BCUT2D eigenvalue weighted by Crippen LogP contribution is 2.18. The van der Waals surface area contributed by atoms with Crippen LogP contribution in [0, 0.1) is 10.1 Å². The molecule has 6 nitrogen and oxygen atoms in total. The van der Waals surface area contributed by atoms with E-state index in [0.717, 1.165) is 22.0 Å². The third-order valence-corrected chi connectivity index (χ3v) is 3.66. The van der Waals surface area contributed by atoms with Gasteiger partial charge in [0.25, 0.3) is 5.69 Å². The number of carbonyl (C=O) groups excluding carboxylic acids is 1. The van der Waals surface area contributed by atoms with Gasteiger partial charge in [0.1, 0.15) is 0 Å². The lowest BCUT2D eigenvalue weighted by molar-refractivity contribution is -0.384. The van der Waals surface area contributed by atoms with Gasteiger partial charge in [0.15, 0.2) is 0 Å². The molecule has 23 heavy (non-hydrogen) atoms. The van der Waals surface area contributed by atoms with E-state index < -0.39 is 4.92 Å². The van der Waals surface area contributed by atoms with E-state index in [-0.39, 0.29) is 18.0 Å². The molecule has 116 valence electrons. The van der Waals surface area contributed by atoms with Crippen LogP contribution in [0.15, 0.2) is 54.7 Å². The largest absolute Gasteiger partial charge is 0.361 e. The molecule has 0 saturated heterocycles. The third-order valence-electron chi connectivity index (χ3n) is 3.66. The molecule has 6 heteroatoms. The summed E-state index contributed by atoms with van der Waals surface area (Å²) in [5, 5.41) is 14.5. The van der Waals surface area contributed by atoms with Gasteiger partial charge in [0, 0.05) is 35.8 Å². The minimum atomic E-state index is -0.445. The maximum absolute atomic E-state index is 12.1. The molecule has 0 aliphatic carbocycles. The molecule has 2 aromatic carbocycles. The zero-order valence-corrected chi connectivity index (χ0v) is 12.3. The Morgan fingerprint density at radius 2 is 1.87 bits per heavy atom. The summed E-state index contributed by atoms with van der Waals surface area (Å²) in [5.41, 5.74) is 2.81. The van der Waals surface area contributed by atoms with E-state index in [1.54, 1.807) is 12.1 Å². The van der Waals surface area contributed by atoms with Crippen molar-refractivity contribution in [2.75, 3.05) is 0 Å². The lowest BCUT2D eigenvalue weighted by Crippen LogP contribution is -2.24. The molecule has 1 heterocycles. The first-order valence-corrected chi connectivity index (χ1v) is 7.18. The third kappa shape index (κ3) is 3.37. The summed E-state index contributed by atoms with van der Waals surface area (Å²) in [6, 6.07) is 14.0. The first-order valence-electron chi connectivity index (χ1n) is 7.18. The standard InChI is InChI=1S/C17H15N3O3/c21-17(9-13-11-18-16-4-2-1-3-15(13)16)19-10-12-5-7-14(8-6-12)20(22)23/h1-8,11,18H,9-10H2,(H,19,21). The van der Waals surface area contributed by atoms with Crippen LogP contribution in [0.3, 0.4) is 0 Å². The molecule has 0 fully saturated rings. The van der Waals surface area contributed by atoms with Crippen molar-refractivity contribution >= 4 is 22.5 Å². The summed E-state index contributed by atoms with van der Waals surface area (Å²) >= 11 is 0. The number of nitrogens with zero attached hydrogens (tertiary/aromatic N) is 1. The Hall–Kier alpha value is -3.15. The minimum absolute atomic E-state index is 0.0406. The highest BCUT2D eigenvalue weighted by Gasteiger charge is 2.09. The van der Waals surface area contributed by atoms with Gasteiger partial charge in [-0.3, -0.25) is 14.9 Å². The van der Waals surface area contributed by atoms with Crippen molar-refractivity contribution in [3.8, 4) is 0 Å². The zero-order valence-electron chi connectivity index (χ0n) is 12.3. The SMILES string of the molecule is O=C(Cc1c[nH]c2ccccc12)NCc1ccc([N+](=O)[O-])cc1. The summed E-state index contributed by atoms with van der Waals surface area (Å²) < 4.78 is 0. The fourth-order valence-corrected chi connectivity index (χ4v) is 2.45. The van der Waals surface area contributed by atoms with E-state index in [9.17, 15) is 14.9 Å². The van der Waals surface area contributed by atoms with Crippen molar-refractivity contribution in [3.05, 3.63) is 76.0 Å². The van der Waals surface area contributed by atoms with Crippen molar-refractivity contribution in [3.63, 3.8) is 0 Å². The van der Waals surface area contributed by atoms with Gasteiger partial charge in [-0.05, 0) is 17.2 Å². The van der Waals surface area contributed by atoms with Crippen LogP contribution in [0.1, 0.15) is 11.1 Å². The Labute approximate surface area is 132 Å². The number of hydrogen-bond donors (Lipinski definition) is 2. The number of H-pyrrole nitrogens is 1. The average molecular weight is 309 g/mol. The number of aromatic nitrogens is 1. The molecule has 3 rings (SSSR count). The van der Waals surface area contributed by atoms with Crippen molar-refractivity contribution in [2.45, 2.75) is 13.0 Å². The topological polar surface area (TPSA) is 88.0 Å². The number of amides is 1. The summed E-state index contributed by atoms with van der Waals surface area (Å²) in [7, 11) is 0. The van der Waals surface area contributed by atoms with Crippen molar-refractivity contribution in [1.82, 2.24) is 10.3 Å². The van der Waals surface area contributed by atoms with E-state index in [1.807, 2.05) is 30.5 Å². The molecule has 0 atom stereocenters. The molecule has 1 aromatic heterocycles. The van der Waals surface area contributed by atoms with Crippen LogP contribution in [0.25, 0.3) is 10.9 Å². The van der Waals surface area contributed by atoms with Gasteiger partial charge in [0.05, 0.1) is 11.3 Å². The molecule has 0 bridgehead atoms. The highest BCUT2D eigenvalue weighted by atomic mass is 16.6. The number of rotatable bonds is 5. The Morgan fingerprint density at radius 1 is 1.13 bits per heavy atom.